The van der Waals surface area contributed by atoms with E-state index in [0.717, 1.165) is 29.0 Å². The molecule has 1 saturated heterocycles. The van der Waals surface area contributed by atoms with Crippen molar-refractivity contribution in [2.45, 2.75) is 25.3 Å². The lowest BCUT2D eigenvalue weighted by molar-refractivity contribution is 0.575. The molecule has 94 valence electrons. The van der Waals surface area contributed by atoms with Crippen LogP contribution in [0.25, 0.3) is 5.69 Å². The minimum Gasteiger partial charge on any atom is -0.314 e. The van der Waals surface area contributed by atoms with Crippen molar-refractivity contribution >= 4 is 15.9 Å². The molecule has 0 spiro atoms. The maximum absolute atomic E-state index is 4.13. The number of benzene rings is 1. The van der Waals surface area contributed by atoms with Gasteiger partial charge in [0, 0.05) is 16.9 Å². The van der Waals surface area contributed by atoms with Gasteiger partial charge in [0.25, 0.3) is 0 Å². The number of hydrogen-bond acceptors (Lipinski definition) is 4. The molecule has 2 heterocycles. The van der Waals surface area contributed by atoms with Crippen molar-refractivity contribution in [3.63, 3.8) is 0 Å². The summed E-state index contributed by atoms with van der Waals surface area (Å²) < 4.78 is 2.87. The standard InChI is InChI=1S/C12H14BrN5/c13-9-3-5-11(6-4-9)18-12(15-16-17-18)8-10-2-1-7-14-10/h3-6,10,14H,1-2,7-8H2. The molecule has 0 amide bonds. The van der Waals surface area contributed by atoms with E-state index in [4.69, 9.17) is 0 Å². The Morgan fingerprint density at radius 2 is 2.17 bits per heavy atom. The average molecular weight is 308 g/mol. The van der Waals surface area contributed by atoms with Gasteiger partial charge in [0.2, 0.25) is 0 Å². The van der Waals surface area contributed by atoms with Crippen LogP contribution in [0.2, 0.25) is 0 Å². The number of rotatable bonds is 3. The SMILES string of the molecule is Brc1ccc(-n2nnnc2CC2CCCN2)cc1. The molecule has 0 radical (unpaired) electrons. The molecule has 1 N–H and O–H groups in total. The Kier molecular flexibility index (Phi) is 3.38. The van der Waals surface area contributed by atoms with E-state index in [1.54, 1.807) is 0 Å². The van der Waals surface area contributed by atoms with Crippen LogP contribution >= 0.6 is 15.9 Å². The number of tetrazole rings is 1. The normalized spacial score (nSPS) is 19.3. The van der Waals surface area contributed by atoms with Crippen molar-refractivity contribution in [2.75, 3.05) is 6.54 Å². The highest BCUT2D eigenvalue weighted by Gasteiger charge is 2.18. The zero-order chi connectivity index (χ0) is 12.4. The van der Waals surface area contributed by atoms with E-state index in [0.29, 0.717) is 6.04 Å². The second-order valence-corrected chi connectivity index (χ2v) is 5.40. The minimum absolute atomic E-state index is 0.505. The molecule has 1 aliphatic rings. The third-order valence-electron chi connectivity index (χ3n) is 3.20. The lowest BCUT2D eigenvalue weighted by Gasteiger charge is -2.09. The summed E-state index contributed by atoms with van der Waals surface area (Å²) in [5, 5.41) is 15.5. The van der Waals surface area contributed by atoms with Crippen molar-refractivity contribution in [3.8, 4) is 5.69 Å². The molecule has 0 saturated carbocycles. The van der Waals surface area contributed by atoms with E-state index in [-0.39, 0.29) is 0 Å². The van der Waals surface area contributed by atoms with Gasteiger partial charge in [-0.25, -0.2) is 0 Å². The van der Waals surface area contributed by atoms with Gasteiger partial charge in [-0.05, 0) is 54.1 Å². The average Bonchev–Trinajstić information content (AvgIpc) is 3.02. The van der Waals surface area contributed by atoms with Crippen LogP contribution in [0.15, 0.2) is 28.7 Å². The Bertz CT molecular complexity index is 516. The summed E-state index contributed by atoms with van der Waals surface area (Å²) >= 11 is 3.43. The quantitative estimate of drug-likeness (QED) is 0.938. The molecule has 6 heteroatoms. The monoisotopic (exact) mass is 307 g/mol. The minimum atomic E-state index is 0.505. The van der Waals surface area contributed by atoms with Crippen LogP contribution in [-0.4, -0.2) is 32.8 Å². The molecule has 0 aliphatic carbocycles. The molecule has 1 fully saturated rings. The van der Waals surface area contributed by atoms with E-state index in [2.05, 4.69) is 36.8 Å². The van der Waals surface area contributed by atoms with Crippen molar-refractivity contribution in [1.82, 2.24) is 25.5 Å². The summed E-state index contributed by atoms with van der Waals surface area (Å²) in [5.74, 6) is 0.914. The molecular formula is C12H14BrN5. The summed E-state index contributed by atoms with van der Waals surface area (Å²) in [6, 6.07) is 8.51. The van der Waals surface area contributed by atoms with Crippen LogP contribution < -0.4 is 5.32 Å². The van der Waals surface area contributed by atoms with Crippen LogP contribution in [0.4, 0.5) is 0 Å². The van der Waals surface area contributed by atoms with Crippen molar-refractivity contribution < 1.29 is 0 Å². The van der Waals surface area contributed by atoms with E-state index in [1.165, 1.54) is 12.8 Å². The summed E-state index contributed by atoms with van der Waals surface area (Å²) in [6.07, 6.45) is 3.32. The Labute approximate surface area is 114 Å². The van der Waals surface area contributed by atoms with Gasteiger partial charge in [0.1, 0.15) is 0 Å². The van der Waals surface area contributed by atoms with Gasteiger partial charge in [-0.3, -0.25) is 0 Å². The molecule has 1 aromatic carbocycles. The highest BCUT2D eigenvalue weighted by Crippen LogP contribution is 2.16. The van der Waals surface area contributed by atoms with E-state index < -0.39 is 0 Å². The van der Waals surface area contributed by atoms with Crippen LogP contribution in [0.5, 0.6) is 0 Å². The first kappa shape index (κ1) is 11.8. The number of nitrogens with zero attached hydrogens (tertiary/aromatic N) is 4. The second-order valence-electron chi connectivity index (χ2n) is 4.48. The largest absolute Gasteiger partial charge is 0.314 e. The van der Waals surface area contributed by atoms with Crippen molar-refractivity contribution in [2.24, 2.45) is 0 Å². The fraction of sp³-hybridized carbons (Fsp3) is 0.417. The molecule has 0 bridgehead atoms. The Morgan fingerprint density at radius 3 is 2.89 bits per heavy atom. The Hall–Kier alpha value is -1.27. The smallest absolute Gasteiger partial charge is 0.158 e. The number of halogens is 1. The molecule has 18 heavy (non-hydrogen) atoms. The molecule has 2 aromatic rings. The fourth-order valence-corrected chi connectivity index (χ4v) is 2.53. The van der Waals surface area contributed by atoms with Crippen LogP contribution in [0.3, 0.4) is 0 Å². The lowest BCUT2D eigenvalue weighted by atomic mass is 10.1. The molecular weight excluding hydrogens is 294 g/mol. The first-order chi connectivity index (χ1) is 8.83. The van der Waals surface area contributed by atoms with Crippen LogP contribution in [0, 0.1) is 0 Å². The van der Waals surface area contributed by atoms with E-state index in [1.807, 2.05) is 28.9 Å². The first-order valence-corrected chi connectivity index (χ1v) is 6.89. The van der Waals surface area contributed by atoms with E-state index in [9.17, 15) is 0 Å². The summed E-state index contributed by atoms with van der Waals surface area (Å²) in [6.45, 7) is 1.10. The van der Waals surface area contributed by atoms with Gasteiger partial charge in [-0.1, -0.05) is 15.9 Å². The van der Waals surface area contributed by atoms with E-state index >= 15 is 0 Å². The predicted molar refractivity (Wildman–Crippen MR) is 71.6 cm³/mol. The lowest BCUT2D eigenvalue weighted by Crippen LogP contribution is -2.25. The van der Waals surface area contributed by atoms with Gasteiger partial charge in [-0.15, -0.1) is 5.10 Å². The summed E-state index contributed by atoms with van der Waals surface area (Å²) in [5.41, 5.74) is 0.996. The zero-order valence-corrected chi connectivity index (χ0v) is 11.5. The highest BCUT2D eigenvalue weighted by molar-refractivity contribution is 9.10. The molecule has 5 nitrogen and oxygen atoms in total. The number of aromatic nitrogens is 4. The molecule has 3 rings (SSSR count). The third kappa shape index (κ3) is 2.44. The van der Waals surface area contributed by atoms with Gasteiger partial charge in [0.15, 0.2) is 5.82 Å². The van der Waals surface area contributed by atoms with Gasteiger partial charge in [0.05, 0.1) is 5.69 Å². The van der Waals surface area contributed by atoms with Gasteiger partial charge in [-0.2, -0.15) is 4.68 Å². The number of hydrogen-bond donors (Lipinski definition) is 1. The maximum Gasteiger partial charge on any atom is 0.158 e. The van der Waals surface area contributed by atoms with Gasteiger partial charge < -0.3 is 5.32 Å². The number of nitrogens with one attached hydrogen (secondary N) is 1. The zero-order valence-electron chi connectivity index (χ0n) is 9.88. The summed E-state index contributed by atoms with van der Waals surface area (Å²) in [4.78, 5) is 0. The maximum atomic E-state index is 4.13. The first-order valence-electron chi connectivity index (χ1n) is 6.09. The Morgan fingerprint density at radius 1 is 1.33 bits per heavy atom. The van der Waals surface area contributed by atoms with Crippen molar-refractivity contribution in [1.29, 1.82) is 0 Å². The molecule has 1 unspecified atom stereocenters. The second kappa shape index (κ2) is 5.16. The van der Waals surface area contributed by atoms with Crippen LogP contribution in [0.1, 0.15) is 18.7 Å². The topological polar surface area (TPSA) is 55.6 Å². The molecule has 1 aliphatic heterocycles. The Balaban J connectivity index is 1.84. The predicted octanol–water partition coefficient (Wildman–Crippen LogP) is 1.72. The third-order valence-corrected chi connectivity index (χ3v) is 3.73. The van der Waals surface area contributed by atoms with Crippen molar-refractivity contribution in [3.05, 3.63) is 34.6 Å². The highest BCUT2D eigenvalue weighted by atomic mass is 79.9. The van der Waals surface area contributed by atoms with Crippen LogP contribution in [-0.2, 0) is 6.42 Å². The molecule has 1 atom stereocenters. The van der Waals surface area contributed by atoms with Gasteiger partial charge >= 0.3 is 0 Å². The molecule has 1 aromatic heterocycles. The fourth-order valence-electron chi connectivity index (χ4n) is 2.27. The summed E-state index contributed by atoms with van der Waals surface area (Å²) in [7, 11) is 0.